The van der Waals surface area contributed by atoms with Crippen molar-refractivity contribution >= 4 is 5.84 Å². The molecule has 0 amide bonds. The van der Waals surface area contributed by atoms with Crippen molar-refractivity contribution in [1.82, 2.24) is 5.32 Å². The number of nitrogens with two attached hydrogens (primary N) is 1. The average Bonchev–Trinajstić information content (AvgIpc) is 2.09. The van der Waals surface area contributed by atoms with E-state index in [1.165, 1.54) is 0 Å². The maximum atomic E-state index is 8.31. The van der Waals surface area contributed by atoms with Gasteiger partial charge in [0.2, 0.25) is 0 Å². The highest BCUT2D eigenvalue weighted by atomic mass is 16.4. The molecule has 0 rings (SSSR count). The predicted octanol–water partition coefficient (Wildman–Crippen LogP) is 1.39. The Morgan fingerprint density at radius 3 is 2.50 bits per heavy atom. The molecule has 4 heteroatoms. The molecule has 0 aliphatic carbocycles. The van der Waals surface area contributed by atoms with E-state index in [2.05, 4.69) is 38.2 Å². The minimum absolute atomic E-state index is 0.279. The second kappa shape index (κ2) is 5.86. The first-order valence-corrected chi connectivity index (χ1v) is 5.05. The van der Waals surface area contributed by atoms with Crippen LogP contribution in [0.5, 0.6) is 0 Å². The normalized spacial score (nSPS) is 15.6. The lowest BCUT2D eigenvalue weighted by molar-refractivity contribution is 0.254. The summed E-state index contributed by atoms with van der Waals surface area (Å²) in [5.74, 6) is 0.885. The van der Waals surface area contributed by atoms with Crippen molar-refractivity contribution in [2.75, 3.05) is 13.1 Å². The number of rotatable bonds is 5. The molecule has 0 aliphatic rings. The fraction of sp³-hybridized carbons (Fsp3) is 0.900. The van der Waals surface area contributed by atoms with Gasteiger partial charge in [0.15, 0.2) is 0 Å². The Labute approximate surface area is 86.6 Å². The zero-order valence-electron chi connectivity index (χ0n) is 9.67. The fourth-order valence-electron chi connectivity index (χ4n) is 0.891. The highest BCUT2D eigenvalue weighted by Gasteiger charge is 2.18. The number of nitrogens with zero attached hydrogens (tertiary/aromatic N) is 1. The molecule has 0 radical (unpaired) electrons. The summed E-state index contributed by atoms with van der Waals surface area (Å²) < 4.78 is 0. The van der Waals surface area contributed by atoms with Crippen LogP contribution in [0.4, 0.5) is 0 Å². The molecule has 0 aromatic heterocycles. The molecule has 0 aliphatic heterocycles. The number of oxime groups is 1. The molecule has 1 unspecified atom stereocenters. The van der Waals surface area contributed by atoms with Crippen LogP contribution in [0.15, 0.2) is 5.16 Å². The van der Waals surface area contributed by atoms with E-state index in [0.29, 0.717) is 17.8 Å². The first kappa shape index (κ1) is 13.2. The Bertz CT molecular complexity index is 184. The summed E-state index contributed by atoms with van der Waals surface area (Å²) >= 11 is 0. The third-order valence-corrected chi connectivity index (χ3v) is 2.62. The molecule has 0 bridgehead atoms. The minimum Gasteiger partial charge on any atom is -0.409 e. The standard InChI is InChI=1S/C10H23N3O/c1-8(10(2,3)4)7-12-6-5-9(11)13-14/h8,12,14H,5-7H2,1-4H3,(H2,11,13). The zero-order valence-corrected chi connectivity index (χ0v) is 9.67. The molecule has 4 N–H and O–H groups in total. The second-order valence-electron chi connectivity index (χ2n) is 4.81. The molecule has 84 valence electrons. The maximum absolute atomic E-state index is 8.31. The number of hydrogen-bond donors (Lipinski definition) is 3. The van der Waals surface area contributed by atoms with Gasteiger partial charge in [0.25, 0.3) is 0 Å². The van der Waals surface area contributed by atoms with E-state index in [0.717, 1.165) is 13.1 Å². The van der Waals surface area contributed by atoms with Crippen LogP contribution in [0, 0.1) is 11.3 Å². The van der Waals surface area contributed by atoms with Gasteiger partial charge in [-0.25, -0.2) is 0 Å². The van der Waals surface area contributed by atoms with E-state index < -0.39 is 0 Å². The Balaban J connectivity index is 3.56. The lowest BCUT2D eigenvalue weighted by Crippen LogP contribution is -2.31. The highest BCUT2D eigenvalue weighted by Crippen LogP contribution is 2.24. The van der Waals surface area contributed by atoms with E-state index >= 15 is 0 Å². The maximum Gasteiger partial charge on any atom is 0.140 e. The zero-order chi connectivity index (χ0) is 11.2. The van der Waals surface area contributed by atoms with E-state index in [1.54, 1.807) is 0 Å². The topological polar surface area (TPSA) is 70.6 Å². The molecule has 0 saturated heterocycles. The summed E-state index contributed by atoms with van der Waals surface area (Å²) in [6.07, 6.45) is 0.591. The molecule has 0 spiro atoms. The highest BCUT2D eigenvalue weighted by molar-refractivity contribution is 5.79. The van der Waals surface area contributed by atoms with Crippen LogP contribution in [0.3, 0.4) is 0 Å². The first-order chi connectivity index (χ1) is 6.38. The van der Waals surface area contributed by atoms with E-state index in [9.17, 15) is 0 Å². The number of nitrogens with one attached hydrogen (secondary N) is 1. The van der Waals surface area contributed by atoms with Crippen molar-refractivity contribution in [2.45, 2.75) is 34.1 Å². The third kappa shape index (κ3) is 5.80. The Hall–Kier alpha value is -0.770. The summed E-state index contributed by atoms with van der Waals surface area (Å²) in [6.45, 7) is 10.6. The fourth-order valence-corrected chi connectivity index (χ4v) is 0.891. The van der Waals surface area contributed by atoms with Gasteiger partial charge in [0, 0.05) is 13.0 Å². The van der Waals surface area contributed by atoms with Gasteiger partial charge in [-0.1, -0.05) is 32.9 Å². The molecule has 14 heavy (non-hydrogen) atoms. The van der Waals surface area contributed by atoms with E-state index in [1.807, 2.05) is 0 Å². The van der Waals surface area contributed by atoms with Gasteiger partial charge in [-0.3, -0.25) is 0 Å². The van der Waals surface area contributed by atoms with Gasteiger partial charge in [-0.15, -0.1) is 0 Å². The summed E-state index contributed by atoms with van der Waals surface area (Å²) in [7, 11) is 0. The van der Waals surface area contributed by atoms with Gasteiger partial charge in [-0.2, -0.15) is 0 Å². The molecule has 4 nitrogen and oxygen atoms in total. The Kier molecular flexibility index (Phi) is 5.53. The largest absolute Gasteiger partial charge is 0.409 e. The number of hydrogen-bond acceptors (Lipinski definition) is 3. The van der Waals surface area contributed by atoms with E-state index in [4.69, 9.17) is 10.9 Å². The average molecular weight is 201 g/mol. The minimum atomic E-state index is 0.279. The van der Waals surface area contributed by atoms with Crippen LogP contribution < -0.4 is 11.1 Å². The Morgan fingerprint density at radius 1 is 1.50 bits per heavy atom. The lowest BCUT2D eigenvalue weighted by Gasteiger charge is -2.27. The lowest BCUT2D eigenvalue weighted by atomic mass is 9.82. The Morgan fingerprint density at radius 2 is 2.07 bits per heavy atom. The van der Waals surface area contributed by atoms with Crippen LogP contribution in [0.2, 0.25) is 0 Å². The van der Waals surface area contributed by atoms with Crippen molar-refractivity contribution < 1.29 is 5.21 Å². The monoisotopic (exact) mass is 201 g/mol. The molecule has 0 aromatic carbocycles. The van der Waals surface area contributed by atoms with Gasteiger partial charge < -0.3 is 16.3 Å². The van der Waals surface area contributed by atoms with Gasteiger partial charge >= 0.3 is 0 Å². The van der Waals surface area contributed by atoms with Crippen molar-refractivity contribution in [3.05, 3.63) is 0 Å². The molecule has 0 aromatic rings. The van der Waals surface area contributed by atoms with Crippen LogP contribution in [0.25, 0.3) is 0 Å². The quantitative estimate of drug-likeness (QED) is 0.207. The van der Waals surface area contributed by atoms with Crippen molar-refractivity contribution in [3.8, 4) is 0 Å². The molecular formula is C10H23N3O. The van der Waals surface area contributed by atoms with Gasteiger partial charge in [-0.05, 0) is 17.9 Å². The molecule has 1 atom stereocenters. The van der Waals surface area contributed by atoms with Crippen LogP contribution in [0.1, 0.15) is 34.1 Å². The summed E-state index contributed by atoms with van der Waals surface area (Å²) in [4.78, 5) is 0. The van der Waals surface area contributed by atoms with Crippen LogP contribution in [-0.2, 0) is 0 Å². The molecule has 0 saturated carbocycles. The number of amidine groups is 1. The summed E-state index contributed by atoms with van der Waals surface area (Å²) in [5, 5.41) is 14.5. The first-order valence-electron chi connectivity index (χ1n) is 5.05. The van der Waals surface area contributed by atoms with E-state index in [-0.39, 0.29) is 5.84 Å². The van der Waals surface area contributed by atoms with Gasteiger partial charge in [0.1, 0.15) is 5.84 Å². The molecular weight excluding hydrogens is 178 g/mol. The predicted molar refractivity (Wildman–Crippen MR) is 59.5 cm³/mol. The summed E-state index contributed by atoms with van der Waals surface area (Å²) in [5.41, 5.74) is 5.66. The van der Waals surface area contributed by atoms with Crippen molar-refractivity contribution in [2.24, 2.45) is 22.2 Å². The smallest absolute Gasteiger partial charge is 0.140 e. The summed E-state index contributed by atoms with van der Waals surface area (Å²) in [6, 6.07) is 0. The van der Waals surface area contributed by atoms with Crippen molar-refractivity contribution in [3.63, 3.8) is 0 Å². The van der Waals surface area contributed by atoms with Crippen molar-refractivity contribution in [1.29, 1.82) is 0 Å². The second-order valence-corrected chi connectivity index (χ2v) is 4.81. The molecule has 0 heterocycles. The van der Waals surface area contributed by atoms with Crippen LogP contribution >= 0.6 is 0 Å². The van der Waals surface area contributed by atoms with Crippen LogP contribution in [-0.4, -0.2) is 24.1 Å². The molecule has 0 fully saturated rings. The van der Waals surface area contributed by atoms with Gasteiger partial charge in [0.05, 0.1) is 0 Å². The third-order valence-electron chi connectivity index (χ3n) is 2.62. The SMILES string of the molecule is CC(CNCCC(N)=NO)C(C)(C)C.